The summed E-state index contributed by atoms with van der Waals surface area (Å²) < 4.78 is 21.5. The van der Waals surface area contributed by atoms with E-state index < -0.39 is 13.2 Å². The van der Waals surface area contributed by atoms with Gasteiger partial charge in [0.2, 0.25) is 0 Å². The summed E-state index contributed by atoms with van der Waals surface area (Å²) in [5, 5.41) is 13.5. The van der Waals surface area contributed by atoms with Crippen molar-refractivity contribution in [1.82, 2.24) is 5.32 Å². The Morgan fingerprint density at radius 1 is 1.19 bits per heavy atom. The third kappa shape index (κ3) is 7.36. The van der Waals surface area contributed by atoms with E-state index >= 15 is 0 Å². The standard InChI is InChI=1S/C21H26BNO6.C2H6/c1-3-27-21(24)13-20-18-8-7-17(12-19(18)22(25)29-20)28-16-6-4-5-15(11-16)14-23-9-10-26-2;1-2/h4-8,11-12,20,23,25H,3,9-10,13-14H2,1-2H3;1-2H3. The molecule has 1 heterocycles. The van der Waals surface area contributed by atoms with Crippen LogP contribution in [0.4, 0.5) is 0 Å². The molecular weight excluding hydrogens is 397 g/mol. The second-order valence-electron chi connectivity index (χ2n) is 6.70. The number of carbonyl (C=O) groups excluding carboxylic acids is 1. The fourth-order valence-electron chi connectivity index (χ4n) is 3.22. The summed E-state index contributed by atoms with van der Waals surface area (Å²) in [7, 11) is 0.581. The van der Waals surface area contributed by atoms with Crippen LogP contribution in [0.3, 0.4) is 0 Å². The normalized spacial score (nSPS) is 14.5. The molecule has 7 nitrogen and oxygen atoms in total. The predicted octanol–water partition coefficient (Wildman–Crippen LogP) is 2.95. The van der Waals surface area contributed by atoms with E-state index in [2.05, 4.69) is 5.32 Å². The molecule has 1 unspecified atom stereocenters. The quantitative estimate of drug-likeness (QED) is 0.341. The summed E-state index contributed by atoms with van der Waals surface area (Å²) in [6, 6.07) is 13.2. The maximum Gasteiger partial charge on any atom is 0.492 e. The maximum atomic E-state index is 11.7. The van der Waals surface area contributed by atoms with Crippen LogP contribution in [0.15, 0.2) is 42.5 Å². The van der Waals surface area contributed by atoms with E-state index in [1.807, 2.05) is 50.2 Å². The second kappa shape index (κ2) is 13.1. The van der Waals surface area contributed by atoms with Crippen molar-refractivity contribution in [3.05, 3.63) is 53.6 Å². The molecule has 2 N–H and O–H groups in total. The van der Waals surface area contributed by atoms with Gasteiger partial charge in [-0.15, -0.1) is 0 Å². The number of hydrogen-bond donors (Lipinski definition) is 2. The minimum Gasteiger partial charge on any atom is -0.466 e. The summed E-state index contributed by atoms with van der Waals surface area (Å²) in [6.07, 6.45) is -0.453. The second-order valence-corrected chi connectivity index (χ2v) is 6.70. The third-order valence-corrected chi connectivity index (χ3v) is 4.57. The minimum absolute atomic E-state index is 0.0657. The largest absolute Gasteiger partial charge is 0.492 e. The number of esters is 1. The van der Waals surface area contributed by atoms with Crippen LogP contribution in [0.5, 0.6) is 11.5 Å². The number of hydrogen-bond acceptors (Lipinski definition) is 7. The van der Waals surface area contributed by atoms with E-state index in [1.165, 1.54) is 0 Å². The van der Waals surface area contributed by atoms with Crippen LogP contribution in [0, 0.1) is 0 Å². The predicted molar refractivity (Wildman–Crippen MR) is 121 cm³/mol. The Balaban J connectivity index is 0.00000166. The van der Waals surface area contributed by atoms with Gasteiger partial charge in [-0.25, -0.2) is 0 Å². The highest BCUT2D eigenvalue weighted by Crippen LogP contribution is 2.30. The molecule has 3 rings (SSSR count). The summed E-state index contributed by atoms with van der Waals surface area (Å²) >= 11 is 0. The first-order chi connectivity index (χ1) is 15.1. The molecule has 0 radical (unpaired) electrons. The average Bonchev–Trinajstić information content (AvgIpc) is 3.08. The van der Waals surface area contributed by atoms with E-state index in [1.54, 1.807) is 20.1 Å². The van der Waals surface area contributed by atoms with Crippen molar-refractivity contribution < 1.29 is 28.7 Å². The maximum absolute atomic E-state index is 11.7. The topological polar surface area (TPSA) is 86.3 Å². The van der Waals surface area contributed by atoms with Crippen molar-refractivity contribution >= 4 is 18.6 Å². The highest BCUT2D eigenvalue weighted by Gasteiger charge is 2.36. The molecule has 1 aliphatic heterocycles. The summed E-state index contributed by atoms with van der Waals surface area (Å²) in [5.74, 6) is 0.939. The van der Waals surface area contributed by atoms with Crippen molar-refractivity contribution in [2.45, 2.75) is 39.8 Å². The van der Waals surface area contributed by atoms with Crippen LogP contribution in [-0.2, 0) is 25.5 Å². The molecule has 0 amide bonds. The van der Waals surface area contributed by atoms with Gasteiger partial charge in [0.15, 0.2) is 0 Å². The molecule has 168 valence electrons. The van der Waals surface area contributed by atoms with Crippen molar-refractivity contribution in [1.29, 1.82) is 0 Å². The first-order valence-electron chi connectivity index (χ1n) is 10.7. The van der Waals surface area contributed by atoms with Crippen molar-refractivity contribution in [3.8, 4) is 11.5 Å². The zero-order valence-corrected chi connectivity index (χ0v) is 18.7. The first-order valence-corrected chi connectivity index (χ1v) is 10.7. The van der Waals surface area contributed by atoms with Crippen LogP contribution in [-0.4, -0.2) is 45.0 Å². The van der Waals surface area contributed by atoms with E-state index in [4.69, 9.17) is 18.9 Å². The van der Waals surface area contributed by atoms with Gasteiger partial charge in [-0.2, -0.15) is 0 Å². The fraction of sp³-hybridized carbons (Fsp3) is 0.435. The molecule has 1 atom stereocenters. The highest BCUT2D eigenvalue weighted by molar-refractivity contribution is 6.61. The molecule has 8 heteroatoms. The molecule has 0 saturated heterocycles. The number of carbonyl (C=O) groups is 1. The van der Waals surface area contributed by atoms with Crippen LogP contribution in [0.1, 0.15) is 44.4 Å². The smallest absolute Gasteiger partial charge is 0.466 e. The highest BCUT2D eigenvalue weighted by atomic mass is 16.5. The lowest BCUT2D eigenvalue weighted by atomic mass is 9.79. The minimum atomic E-state index is -1.09. The summed E-state index contributed by atoms with van der Waals surface area (Å²) in [6.45, 7) is 8.22. The lowest BCUT2D eigenvalue weighted by Gasteiger charge is -2.12. The van der Waals surface area contributed by atoms with Gasteiger partial charge in [0, 0.05) is 20.2 Å². The Hall–Kier alpha value is -2.39. The van der Waals surface area contributed by atoms with Crippen molar-refractivity contribution in [2.75, 3.05) is 26.9 Å². The molecule has 0 aliphatic carbocycles. The van der Waals surface area contributed by atoms with Gasteiger partial charge in [-0.05, 0) is 47.8 Å². The SMILES string of the molecule is CC.CCOC(=O)CC1OB(O)c2cc(Oc3cccc(CNCCOC)c3)ccc21. The van der Waals surface area contributed by atoms with Gasteiger partial charge in [0.25, 0.3) is 0 Å². The number of fused-ring (bicyclic) bond motifs is 1. The Bertz CT molecular complexity index is 831. The van der Waals surface area contributed by atoms with Gasteiger partial charge in [-0.3, -0.25) is 4.79 Å². The molecule has 1 aliphatic rings. The van der Waals surface area contributed by atoms with E-state index in [-0.39, 0.29) is 12.4 Å². The van der Waals surface area contributed by atoms with Crippen LogP contribution in [0.2, 0.25) is 0 Å². The Kier molecular flexibility index (Phi) is 10.5. The Morgan fingerprint density at radius 2 is 1.97 bits per heavy atom. The number of nitrogens with one attached hydrogen (secondary N) is 1. The molecule has 2 aromatic carbocycles. The zero-order valence-electron chi connectivity index (χ0n) is 18.7. The molecular formula is C23H32BNO6. The first kappa shape index (κ1) is 24.9. The van der Waals surface area contributed by atoms with Crippen LogP contribution < -0.4 is 15.5 Å². The summed E-state index contributed by atoms with van der Waals surface area (Å²) in [5.41, 5.74) is 2.47. The average molecular weight is 429 g/mol. The number of methoxy groups -OCH3 is 1. The van der Waals surface area contributed by atoms with Gasteiger partial charge in [0.1, 0.15) is 11.5 Å². The van der Waals surface area contributed by atoms with Crippen LogP contribution >= 0.6 is 0 Å². The van der Waals surface area contributed by atoms with E-state index in [9.17, 15) is 9.82 Å². The lowest BCUT2D eigenvalue weighted by molar-refractivity contribution is -0.145. The number of benzene rings is 2. The monoisotopic (exact) mass is 429 g/mol. The van der Waals surface area contributed by atoms with Gasteiger partial charge >= 0.3 is 13.1 Å². The van der Waals surface area contributed by atoms with Crippen molar-refractivity contribution in [2.24, 2.45) is 0 Å². The number of ether oxygens (including phenoxy) is 3. The molecule has 0 saturated carbocycles. The lowest BCUT2D eigenvalue weighted by Crippen LogP contribution is -2.28. The molecule has 0 fully saturated rings. The third-order valence-electron chi connectivity index (χ3n) is 4.57. The molecule has 31 heavy (non-hydrogen) atoms. The Labute approximate surface area is 184 Å². The fourth-order valence-corrected chi connectivity index (χ4v) is 3.22. The molecule has 0 spiro atoms. The zero-order chi connectivity index (χ0) is 22.6. The molecule has 0 aromatic heterocycles. The Morgan fingerprint density at radius 3 is 2.71 bits per heavy atom. The van der Waals surface area contributed by atoms with Gasteiger partial charge < -0.3 is 29.2 Å². The molecule has 0 bridgehead atoms. The van der Waals surface area contributed by atoms with Crippen LogP contribution in [0.25, 0.3) is 0 Å². The van der Waals surface area contributed by atoms with Crippen molar-refractivity contribution in [3.63, 3.8) is 0 Å². The van der Waals surface area contributed by atoms with Gasteiger partial charge in [-0.1, -0.05) is 32.0 Å². The number of rotatable bonds is 10. The van der Waals surface area contributed by atoms with E-state index in [0.29, 0.717) is 36.7 Å². The van der Waals surface area contributed by atoms with Gasteiger partial charge in [0.05, 0.1) is 25.7 Å². The van der Waals surface area contributed by atoms with E-state index in [0.717, 1.165) is 17.7 Å². The summed E-state index contributed by atoms with van der Waals surface area (Å²) in [4.78, 5) is 11.7. The molecule has 2 aromatic rings.